The molecule has 0 fully saturated rings. The van der Waals surface area contributed by atoms with Crippen molar-refractivity contribution >= 4 is 66.7 Å². The Labute approximate surface area is 395 Å². The lowest BCUT2D eigenvalue weighted by molar-refractivity contribution is 0.775. The van der Waals surface area contributed by atoms with Gasteiger partial charge in [0, 0.05) is 50.3 Å². The van der Waals surface area contributed by atoms with Crippen molar-refractivity contribution in [2.24, 2.45) is 0 Å². The summed E-state index contributed by atoms with van der Waals surface area (Å²) in [4.78, 5) is 4.79. The van der Waals surface area contributed by atoms with Gasteiger partial charge in [-0.05, 0) is 147 Å². The van der Waals surface area contributed by atoms with Crippen molar-refractivity contribution < 1.29 is 0 Å². The molecule has 14 rings (SSSR count). The van der Waals surface area contributed by atoms with Gasteiger partial charge < -0.3 is 14.4 Å². The van der Waals surface area contributed by atoms with E-state index in [1.165, 1.54) is 77.1 Å². The van der Waals surface area contributed by atoms with Crippen LogP contribution in [0.1, 0.15) is 22.3 Å². The Morgan fingerprint density at radius 3 is 1.37 bits per heavy atom. The molecule has 68 heavy (non-hydrogen) atoms. The number of nitrogens with zero attached hydrogens (tertiary/aromatic N) is 3. The molecular formula is C65H43N3. The first-order valence-corrected chi connectivity index (χ1v) is 23.5. The molecule has 1 spiro atoms. The molecule has 0 bridgehead atoms. The zero-order valence-electron chi connectivity index (χ0n) is 37.2. The third-order valence-electron chi connectivity index (χ3n) is 14.5. The first-order valence-electron chi connectivity index (χ1n) is 23.5. The molecular weight excluding hydrogens is 823 g/mol. The second-order valence-electron chi connectivity index (χ2n) is 18.0. The van der Waals surface area contributed by atoms with Crippen molar-refractivity contribution in [3.63, 3.8) is 0 Å². The number of hydrogen-bond acceptors (Lipinski definition) is 2. The summed E-state index contributed by atoms with van der Waals surface area (Å²) in [6.45, 7) is 0. The van der Waals surface area contributed by atoms with Crippen LogP contribution in [0.3, 0.4) is 0 Å². The predicted molar refractivity (Wildman–Crippen MR) is 284 cm³/mol. The maximum Gasteiger partial charge on any atom is 0.0726 e. The Balaban J connectivity index is 1.12. The molecule has 11 aromatic carbocycles. The van der Waals surface area contributed by atoms with E-state index >= 15 is 0 Å². The van der Waals surface area contributed by atoms with Gasteiger partial charge in [-0.3, -0.25) is 0 Å². The molecule has 12 aromatic rings. The predicted octanol–water partition coefficient (Wildman–Crippen LogP) is 17.2. The van der Waals surface area contributed by atoms with Gasteiger partial charge in [0.2, 0.25) is 0 Å². The van der Waals surface area contributed by atoms with Crippen molar-refractivity contribution in [3.8, 4) is 27.9 Å². The van der Waals surface area contributed by atoms with Crippen LogP contribution in [0.5, 0.6) is 0 Å². The number of hydrogen-bond donors (Lipinski definition) is 0. The largest absolute Gasteiger partial charge is 0.310 e. The molecule has 318 valence electrons. The summed E-state index contributed by atoms with van der Waals surface area (Å²) in [5.74, 6) is 0. The Bertz CT molecular complexity index is 3770. The third-order valence-corrected chi connectivity index (χ3v) is 14.5. The van der Waals surface area contributed by atoms with Crippen molar-refractivity contribution in [1.82, 2.24) is 4.57 Å². The number of aromatic nitrogens is 1. The lowest BCUT2D eigenvalue weighted by atomic mass is 9.61. The van der Waals surface area contributed by atoms with Gasteiger partial charge in [-0.1, -0.05) is 164 Å². The number of para-hydroxylation sites is 5. The fourth-order valence-corrected chi connectivity index (χ4v) is 11.8. The van der Waals surface area contributed by atoms with E-state index in [0.717, 1.165) is 39.8 Å². The van der Waals surface area contributed by atoms with Crippen molar-refractivity contribution in [3.05, 3.63) is 283 Å². The van der Waals surface area contributed by atoms with E-state index in [2.05, 4.69) is 275 Å². The van der Waals surface area contributed by atoms with Gasteiger partial charge in [0.15, 0.2) is 0 Å². The summed E-state index contributed by atoms with van der Waals surface area (Å²) >= 11 is 0. The number of fused-ring (bicyclic) bond motifs is 12. The van der Waals surface area contributed by atoms with Crippen molar-refractivity contribution in [2.45, 2.75) is 5.41 Å². The van der Waals surface area contributed by atoms with Crippen LogP contribution in [0.15, 0.2) is 261 Å². The van der Waals surface area contributed by atoms with Gasteiger partial charge in [0.05, 0.1) is 22.1 Å². The number of anilines is 6. The molecule has 3 nitrogen and oxygen atoms in total. The van der Waals surface area contributed by atoms with Crippen LogP contribution in [-0.2, 0) is 5.41 Å². The first kappa shape index (κ1) is 38.4. The summed E-state index contributed by atoms with van der Waals surface area (Å²) < 4.78 is 2.48. The molecule has 2 aliphatic rings. The van der Waals surface area contributed by atoms with E-state index in [-0.39, 0.29) is 0 Å². The first-order chi connectivity index (χ1) is 33.8. The minimum absolute atomic E-state index is 0.606. The molecule has 0 amide bonds. The second-order valence-corrected chi connectivity index (χ2v) is 18.0. The van der Waals surface area contributed by atoms with Crippen LogP contribution in [0.4, 0.5) is 34.1 Å². The molecule has 1 aromatic heterocycles. The fourth-order valence-electron chi connectivity index (χ4n) is 11.8. The number of benzene rings is 11. The highest BCUT2D eigenvalue weighted by atomic mass is 15.1. The van der Waals surface area contributed by atoms with Crippen LogP contribution in [0.25, 0.3) is 60.5 Å². The molecule has 3 heteroatoms. The Morgan fingerprint density at radius 2 is 0.779 bits per heavy atom. The summed E-state index contributed by atoms with van der Waals surface area (Å²) in [5.41, 5.74) is 19.9. The minimum atomic E-state index is -0.606. The Hall–Kier alpha value is -8.92. The Kier molecular flexibility index (Phi) is 8.50. The van der Waals surface area contributed by atoms with E-state index in [1.54, 1.807) is 0 Å². The van der Waals surface area contributed by atoms with E-state index in [0.29, 0.717) is 0 Å². The average Bonchev–Trinajstić information content (AvgIpc) is 3.89. The molecule has 0 saturated heterocycles. The van der Waals surface area contributed by atoms with E-state index < -0.39 is 5.41 Å². The maximum atomic E-state index is 2.57. The maximum absolute atomic E-state index is 2.57. The molecule has 0 N–H and O–H groups in total. The van der Waals surface area contributed by atoms with Gasteiger partial charge in [-0.25, -0.2) is 0 Å². The van der Waals surface area contributed by atoms with Crippen LogP contribution < -0.4 is 9.80 Å². The molecule has 0 saturated carbocycles. The molecule has 0 atom stereocenters. The summed E-state index contributed by atoms with van der Waals surface area (Å²) in [6.07, 6.45) is 0. The standard InChI is InChI=1S/C65H43N3/c1-6-21-44(22-7-1)66(45-23-8-2-9-24-45)49-37-39-62-55(41-49)56-42-60-54(43-63(56)68(62)48-29-14-5-15-30-48)52-38-40-61(67(46-25-10-3-11-26-46)47-27-12-4-13-28-47)53-33-20-36-59(64(52)53)65(60)57-34-18-16-31-50(57)51-32-17-19-35-58(51)65/h1-43H. The normalized spacial score (nSPS) is 12.8. The van der Waals surface area contributed by atoms with Gasteiger partial charge in [-0.2, -0.15) is 0 Å². The van der Waals surface area contributed by atoms with Crippen LogP contribution in [0, 0.1) is 0 Å². The highest BCUT2D eigenvalue weighted by Crippen LogP contribution is 2.63. The monoisotopic (exact) mass is 865 g/mol. The highest BCUT2D eigenvalue weighted by molar-refractivity contribution is 6.17. The minimum Gasteiger partial charge on any atom is -0.310 e. The lowest BCUT2D eigenvalue weighted by Crippen LogP contribution is -2.32. The summed E-state index contributed by atoms with van der Waals surface area (Å²) in [6, 6.07) is 96.1. The van der Waals surface area contributed by atoms with Gasteiger partial charge in [-0.15, -0.1) is 0 Å². The van der Waals surface area contributed by atoms with E-state index in [1.807, 2.05) is 0 Å². The van der Waals surface area contributed by atoms with Gasteiger partial charge in [0.25, 0.3) is 0 Å². The number of rotatable bonds is 7. The zero-order chi connectivity index (χ0) is 44.8. The molecule has 2 aliphatic carbocycles. The SMILES string of the molecule is c1ccc(N(c2ccccc2)c2ccc3c(c2)c2cc4c(cc2n3-c2ccccc2)-c2ccc(N(c3ccccc3)c3ccccc3)c3cccc(c23)C42c3ccccc3-c3ccccc32)cc1. The molecule has 0 radical (unpaired) electrons. The van der Waals surface area contributed by atoms with Gasteiger partial charge >= 0.3 is 0 Å². The van der Waals surface area contributed by atoms with E-state index in [4.69, 9.17) is 0 Å². The fraction of sp³-hybridized carbons (Fsp3) is 0.0154. The topological polar surface area (TPSA) is 11.4 Å². The summed E-state index contributed by atoms with van der Waals surface area (Å²) in [5, 5.41) is 4.93. The lowest BCUT2D eigenvalue weighted by Gasteiger charge is -2.41. The van der Waals surface area contributed by atoms with Crippen molar-refractivity contribution in [2.75, 3.05) is 9.80 Å². The highest BCUT2D eigenvalue weighted by Gasteiger charge is 2.50. The quantitative estimate of drug-likeness (QED) is 0.158. The zero-order valence-corrected chi connectivity index (χ0v) is 37.2. The second kappa shape index (κ2) is 15.1. The Morgan fingerprint density at radius 1 is 0.279 bits per heavy atom. The molecule has 0 aliphatic heterocycles. The van der Waals surface area contributed by atoms with Crippen LogP contribution >= 0.6 is 0 Å². The third kappa shape index (κ3) is 5.47. The van der Waals surface area contributed by atoms with Crippen LogP contribution in [0.2, 0.25) is 0 Å². The molecule has 0 unspecified atom stereocenters. The van der Waals surface area contributed by atoms with Crippen LogP contribution in [-0.4, -0.2) is 4.57 Å². The summed E-state index contributed by atoms with van der Waals surface area (Å²) in [7, 11) is 0. The van der Waals surface area contributed by atoms with E-state index in [9.17, 15) is 0 Å². The molecule has 1 heterocycles. The smallest absolute Gasteiger partial charge is 0.0726 e. The van der Waals surface area contributed by atoms with Crippen molar-refractivity contribution in [1.29, 1.82) is 0 Å². The average molecular weight is 866 g/mol. The van der Waals surface area contributed by atoms with Gasteiger partial charge in [0.1, 0.15) is 0 Å².